The van der Waals surface area contributed by atoms with E-state index >= 15 is 0 Å². The monoisotopic (exact) mass is 443 g/mol. The molecular weight excluding hydrogens is 422 g/mol. The number of nitrogens with two attached hydrogens (primary N) is 1. The normalized spacial score (nSPS) is 10.3. The van der Waals surface area contributed by atoms with E-state index in [1.807, 2.05) is 6.07 Å². The van der Waals surface area contributed by atoms with E-state index in [1.54, 1.807) is 43.8 Å². The van der Waals surface area contributed by atoms with E-state index in [2.05, 4.69) is 20.0 Å². The third-order valence-electron chi connectivity index (χ3n) is 4.16. The minimum absolute atomic E-state index is 0.00278. The first-order valence-corrected chi connectivity index (χ1v) is 9.86. The first-order valence-electron chi connectivity index (χ1n) is 9.08. The van der Waals surface area contributed by atoms with Crippen LogP contribution in [-0.4, -0.2) is 35.5 Å². The zero-order valence-corrected chi connectivity index (χ0v) is 17.7. The maximum atomic E-state index is 12.4. The molecule has 10 nitrogen and oxygen atoms in total. The first kappa shape index (κ1) is 21.8. The number of rotatable bonds is 9. The fourth-order valence-corrected chi connectivity index (χ4v) is 3.39. The number of methoxy groups -OCH3 is 2. The molecule has 0 saturated heterocycles. The lowest BCUT2D eigenvalue weighted by molar-refractivity contribution is 0.0996. The highest BCUT2D eigenvalue weighted by molar-refractivity contribution is 7.11. The lowest BCUT2D eigenvalue weighted by Crippen LogP contribution is -2.29. The van der Waals surface area contributed by atoms with E-state index in [0.29, 0.717) is 11.5 Å². The molecule has 0 aliphatic carbocycles. The molecule has 162 valence electrons. The Labute approximate surface area is 182 Å². The number of carbonyl (C=O) groups excluding carboxylic acids is 2. The number of primary amides is 1. The summed E-state index contributed by atoms with van der Waals surface area (Å²) in [5.41, 5.74) is 6.99. The Morgan fingerprint density at radius 2 is 2.03 bits per heavy atom. The fraction of sp³-hybridized carbons (Fsp3) is 0.200. The molecule has 0 unspecified atom stereocenters. The molecule has 0 radical (unpaired) electrons. The van der Waals surface area contributed by atoms with Crippen molar-refractivity contribution in [3.63, 3.8) is 0 Å². The molecule has 11 heteroatoms. The van der Waals surface area contributed by atoms with Gasteiger partial charge in [-0.1, -0.05) is 6.07 Å². The van der Waals surface area contributed by atoms with Crippen LogP contribution in [0, 0.1) is 0 Å². The molecule has 2 aromatic heterocycles. The van der Waals surface area contributed by atoms with Gasteiger partial charge in [-0.05, 0) is 35.8 Å². The fourth-order valence-electron chi connectivity index (χ4n) is 2.65. The predicted octanol–water partition coefficient (Wildman–Crippen LogP) is 2.55. The molecular formula is C20H21N5O5S. The minimum atomic E-state index is -0.764. The number of hydrogen-bond acceptors (Lipinski definition) is 8. The molecule has 0 aliphatic rings. The summed E-state index contributed by atoms with van der Waals surface area (Å²) in [5, 5.41) is 5.47. The number of pyridine rings is 1. The van der Waals surface area contributed by atoms with Gasteiger partial charge in [0.15, 0.2) is 0 Å². The summed E-state index contributed by atoms with van der Waals surface area (Å²) in [6, 6.07) is 8.30. The Morgan fingerprint density at radius 3 is 2.71 bits per heavy atom. The van der Waals surface area contributed by atoms with Gasteiger partial charge in [-0.15, -0.1) is 0 Å². The van der Waals surface area contributed by atoms with Gasteiger partial charge < -0.3 is 25.3 Å². The molecule has 4 N–H and O–H groups in total. The van der Waals surface area contributed by atoms with E-state index in [1.165, 1.54) is 7.11 Å². The topological polar surface area (TPSA) is 138 Å². The molecule has 3 amide bonds. The summed E-state index contributed by atoms with van der Waals surface area (Å²) in [5.74, 6) is 0.514. The highest BCUT2D eigenvalue weighted by Gasteiger charge is 2.22. The number of hydrogen-bond donors (Lipinski definition) is 3. The van der Waals surface area contributed by atoms with Gasteiger partial charge in [0.1, 0.15) is 28.7 Å². The molecule has 31 heavy (non-hydrogen) atoms. The van der Waals surface area contributed by atoms with E-state index in [-0.39, 0.29) is 29.6 Å². The molecule has 0 bridgehead atoms. The van der Waals surface area contributed by atoms with E-state index in [4.69, 9.17) is 19.9 Å². The van der Waals surface area contributed by atoms with Gasteiger partial charge in [0, 0.05) is 30.1 Å². The predicted molar refractivity (Wildman–Crippen MR) is 115 cm³/mol. The van der Waals surface area contributed by atoms with Crippen LogP contribution in [-0.2, 0) is 13.2 Å². The van der Waals surface area contributed by atoms with Crippen molar-refractivity contribution < 1.29 is 23.8 Å². The van der Waals surface area contributed by atoms with Crippen molar-refractivity contribution in [1.82, 2.24) is 14.7 Å². The summed E-state index contributed by atoms with van der Waals surface area (Å²) < 4.78 is 20.2. The molecule has 0 atom stereocenters. The molecule has 0 fully saturated rings. The Morgan fingerprint density at radius 1 is 1.19 bits per heavy atom. The van der Waals surface area contributed by atoms with Gasteiger partial charge in [0.05, 0.1) is 14.2 Å². The van der Waals surface area contributed by atoms with Crippen LogP contribution in [0.5, 0.6) is 17.4 Å². The summed E-state index contributed by atoms with van der Waals surface area (Å²) in [6.45, 7) is 0.320. The number of ether oxygens (including phenoxy) is 3. The molecule has 0 aliphatic heterocycles. The molecule has 2 heterocycles. The van der Waals surface area contributed by atoms with Crippen molar-refractivity contribution in [2.45, 2.75) is 13.2 Å². The van der Waals surface area contributed by atoms with Gasteiger partial charge >= 0.3 is 6.03 Å². The maximum Gasteiger partial charge on any atom is 0.320 e. The van der Waals surface area contributed by atoms with Crippen molar-refractivity contribution >= 4 is 28.5 Å². The van der Waals surface area contributed by atoms with Gasteiger partial charge in [-0.3, -0.25) is 15.1 Å². The Bertz CT molecular complexity index is 1060. The number of anilines is 1. The Balaban J connectivity index is 1.66. The zero-order valence-electron chi connectivity index (χ0n) is 16.9. The van der Waals surface area contributed by atoms with Gasteiger partial charge in [-0.25, -0.2) is 4.79 Å². The number of carbonyl (C=O) groups is 2. The van der Waals surface area contributed by atoms with Crippen LogP contribution in [0.15, 0.2) is 42.7 Å². The lowest BCUT2D eigenvalue weighted by Gasteiger charge is -2.12. The Hall–Kier alpha value is -3.86. The van der Waals surface area contributed by atoms with Crippen LogP contribution >= 0.6 is 11.5 Å². The largest absolute Gasteiger partial charge is 0.497 e. The van der Waals surface area contributed by atoms with Crippen LogP contribution in [0.25, 0.3) is 0 Å². The second-order valence-electron chi connectivity index (χ2n) is 6.19. The Kier molecular flexibility index (Phi) is 7.22. The van der Waals surface area contributed by atoms with Gasteiger partial charge in [0.25, 0.3) is 5.91 Å². The molecule has 0 spiro atoms. The molecule has 3 aromatic rings. The van der Waals surface area contributed by atoms with Crippen LogP contribution in [0.3, 0.4) is 0 Å². The van der Waals surface area contributed by atoms with Gasteiger partial charge in [-0.2, -0.15) is 4.37 Å². The second-order valence-corrected chi connectivity index (χ2v) is 6.96. The van der Waals surface area contributed by atoms with E-state index in [0.717, 1.165) is 22.7 Å². The first-order chi connectivity index (χ1) is 15.0. The number of aromatic nitrogens is 2. The quantitative estimate of drug-likeness (QED) is 0.462. The van der Waals surface area contributed by atoms with Crippen molar-refractivity contribution in [3.05, 3.63) is 59.4 Å². The average molecular weight is 443 g/mol. The van der Waals surface area contributed by atoms with E-state index in [9.17, 15) is 9.59 Å². The van der Waals surface area contributed by atoms with Crippen molar-refractivity contribution in [3.8, 4) is 17.4 Å². The summed E-state index contributed by atoms with van der Waals surface area (Å²) in [7, 11) is 3.09. The summed E-state index contributed by atoms with van der Waals surface area (Å²) in [6.07, 6.45) is 3.28. The maximum absolute atomic E-state index is 12.4. The molecule has 0 saturated carbocycles. The van der Waals surface area contributed by atoms with Crippen LogP contribution in [0.4, 0.5) is 9.80 Å². The standard InChI is InChI=1S/C20H21N5O5S/c1-28-14-5-6-15(29-2)13(8-14)10-23-20(27)24-19-16(17(21)26)18(25-31-19)30-11-12-4-3-7-22-9-12/h3-9H,10-11H2,1-2H3,(H2,21,26)(H2,23,24,27). The molecule has 1 aromatic carbocycles. The smallest absolute Gasteiger partial charge is 0.320 e. The highest BCUT2D eigenvalue weighted by atomic mass is 32.1. The minimum Gasteiger partial charge on any atom is -0.497 e. The zero-order chi connectivity index (χ0) is 22.2. The number of benzene rings is 1. The summed E-state index contributed by atoms with van der Waals surface area (Å²) >= 11 is 0.895. The van der Waals surface area contributed by atoms with Gasteiger partial charge in [0.2, 0.25) is 5.88 Å². The van der Waals surface area contributed by atoms with Crippen LogP contribution in [0.1, 0.15) is 21.5 Å². The second kappa shape index (κ2) is 10.3. The number of urea groups is 1. The average Bonchev–Trinajstić information content (AvgIpc) is 3.19. The number of nitrogens with one attached hydrogen (secondary N) is 2. The third kappa shape index (κ3) is 5.60. The number of amides is 3. The number of nitrogens with zero attached hydrogens (tertiary/aromatic N) is 2. The van der Waals surface area contributed by atoms with E-state index < -0.39 is 11.9 Å². The van der Waals surface area contributed by atoms with Crippen LogP contribution < -0.4 is 30.6 Å². The third-order valence-corrected chi connectivity index (χ3v) is 4.91. The van der Waals surface area contributed by atoms with Crippen LogP contribution in [0.2, 0.25) is 0 Å². The summed E-state index contributed by atoms with van der Waals surface area (Å²) in [4.78, 5) is 28.3. The van der Waals surface area contributed by atoms with Crippen molar-refractivity contribution in [1.29, 1.82) is 0 Å². The molecule has 3 rings (SSSR count). The lowest BCUT2D eigenvalue weighted by atomic mass is 10.2. The van der Waals surface area contributed by atoms with Crippen molar-refractivity contribution in [2.75, 3.05) is 19.5 Å². The van der Waals surface area contributed by atoms with Crippen molar-refractivity contribution in [2.24, 2.45) is 5.73 Å². The SMILES string of the molecule is COc1ccc(OC)c(CNC(=O)Nc2snc(OCc3cccnc3)c2C(N)=O)c1. The highest BCUT2D eigenvalue weighted by Crippen LogP contribution is 2.31.